The van der Waals surface area contributed by atoms with Gasteiger partial charge in [0.1, 0.15) is 0 Å². The highest BCUT2D eigenvalue weighted by molar-refractivity contribution is 7.90. The number of aliphatic imine (C=N–C) groups is 1. The van der Waals surface area contributed by atoms with Gasteiger partial charge in [0.15, 0.2) is 5.78 Å². The summed E-state index contributed by atoms with van der Waals surface area (Å²) in [5.41, 5.74) is 6.63. The molecule has 11 nitrogen and oxygen atoms in total. The molecule has 0 aliphatic rings. The van der Waals surface area contributed by atoms with Gasteiger partial charge in [0.25, 0.3) is 10.0 Å². The van der Waals surface area contributed by atoms with Gasteiger partial charge in [0.05, 0.1) is 17.5 Å². The van der Waals surface area contributed by atoms with Crippen LogP contribution >= 0.6 is 0 Å². The van der Waals surface area contributed by atoms with E-state index in [0.717, 1.165) is 12.0 Å². The Hall–Kier alpha value is -3.15. The summed E-state index contributed by atoms with van der Waals surface area (Å²) in [4.78, 5) is 39.3. The van der Waals surface area contributed by atoms with Gasteiger partial charge in [-0.3, -0.25) is 14.6 Å². The molecule has 0 spiro atoms. The molecule has 0 fully saturated rings. The van der Waals surface area contributed by atoms with Crippen molar-refractivity contribution in [3.05, 3.63) is 29.8 Å². The van der Waals surface area contributed by atoms with Crippen molar-refractivity contribution in [3.63, 3.8) is 0 Å². The topological polar surface area (TPSA) is 177 Å². The van der Waals surface area contributed by atoms with Crippen molar-refractivity contribution in [1.82, 2.24) is 10.0 Å². The first-order valence-electron chi connectivity index (χ1n) is 11.6. The molecule has 0 aliphatic carbocycles. The van der Waals surface area contributed by atoms with E-state index in [9.17, 15) is 22.8 Å². The van der Waals surface area contributed by atoms with E-state index in [4.69, 9.17) is 15.6 Å². The van der Waals surface area contributed by atoms with Crippen LogP contribution in [0.2, 0.25) is 0 Å². The van der Waals surface area contributed by atoms with Crippen LogP contribution in [-0.2, 0) is 24.3 Å². The maximum absolute atomic E-state index is 12.6. The maximum atomic E-state index is 12.6. The molecule has 5 N–H and O–H groups in total. The van der Waals surface area contributed by atoms with E-state index in [2.05, 4.69) is 15.0 Å². The molecule has 0 aromatic heterocycles. The Morgan fingerprint density at radius 2 is 1.74 bits per heavy atom. The number of ketones is 1. The van der Waals surface area contributed by atoms with Gasteiger partial charge in [0, 0.05) is 19.4 Å². The molecule has 0 radical (unpaired) electrons. The van der Waals surface area contributed by atoms with Gasteiger partial charge in [-0.15, -0.1) is 0 Å². The Labute approximate surface area is 206 Å². The van der Waals surface area contributed by atoms with Crippen molar-refractivity contribution in [2.45, 2.75) is 76.2 Å². The van der Waals surface area contributed by atoms with Crippen molar-refractivity contribution < 1.29 is 32.6 Å². The summed E-state index contributed by atoms with van der Waals surface area (Å²) in [7, 11) is -3.86. The number of aryl methyl sites for hydroxylation is 1. The molecule has 0 aliphatic heterocycles. The Balaban J connectivity index is 2.63. The Bertz CT molecular complexity index is 963. The summed E-state index contributed by atoms with van der Waals surface area (Å²) in [6.45, 7) is 4.16. The van der Waals surface area contributed by atoms with Crippen molar-refractivity contribution >= 4 is 33.8 Å². The van der Waals surface area contributed by atoms with E-state index in [1.54, 1.807) is 12.1 Å². The van der Waals surface area contributed by atoms with Crippen LogP contribution in [0.4, 0.5) is 4.79 Å². The number of carboxylic acids is 1. The predicted octanol–water partition coefficient (Wildman–Crippen LogP) is 2.48. The number of Topliss-reactive ketones (excluding diaryl/α,β-unsaturated/α-hetero) is 1. The molecule has 0 bridgehead atoms. The van der Waals surface area contributed by atoms with E-state index in [-0.39, 0.29) is 49.1 Å². The van der Waals surface area contributed by atoms with E-state index < -0.39 is 28.1 Å². The normalized spacial score (nSPS) is 12.6. The number of nitrogens with zero attached hydrogens (tertiary/aromatic N) is 1. The van der Waals surface area contributed by atoms with Gasteiger partial charge < -0.3 is 20.9 Å². The van der Waals surface area contributed by atoms with E-state index >= 15 is 0 Å². The number of ether oxygens (including phenoxy) is 1. The smallest absolute Gasteiger partial charge is 0.407 e. The number of nitrogens with two attached hydrogens (primary N) is 1. The SMILES string of the molecule is CCCCOC(=O)N[C@@H](CCCN=C(N)NS(=O)(=O)c1ccc(C)cc1)C(=O)CCCCC(=O)O. The third kappa shape index (κ3) is 12.8. The summed E-state index contributed by atoms with van der Waals surface area (Å²) < 4.78 is 32.0. The van der Waals surface area contributed by atoms with Crippen molar-refractivity contribution in [2.24, 2.45) is 10.7 Å². The molecule has 196 valence electrons. The fraction of sp³-hybridized carbons (Fsp3) is 0.565. The third-order valence-electron chi connectivity index (χ3n) is 4.98. The lowest BCUT2D eigenvalue weighted by Gasteiger charge is -2.17. The fourth-order valence-corrected chi connectivity index (χ4v) is 3.95. The van der Waals surface area contributed by atoms with Crippen LogP contribution in [0.1, 0.15) is 63.9 Å². The van der Waals surface area contributed by atoms with Gasteiger partial charge in [-0.25, -0.2) is 17.9 Å². The molecular formula is C23H36N4O7S. The van der Waals surface area contributed by atoms with Gasteiger partial charge >= 0.3 is 12.1 Å². The zero-order valence-corrected chi connectivity index (χ0v) is 21.1. The minimum absolute atomic E-state index is 0.0308. The zero-order valence-electron chi connectivity index (χ0n) is 20.3. The number of carbonyl (C=O) groups excluding carboxylic acids is 2. The Morgan fingerprint density at radius 3 is 2.37 bits per heavy atom. The molecular weight excluding hydrogens is 476 g/mol. The van der Waals surface area contributed by atoms with Crippen LogP contribution in [0.15, 0.2) is 34.2 Å². The van der Waals surface area contributed by atoms with E-state index in [1.165, 1.54) is 12.1 Å². The first kappa shape index (κ1) is 29.9. The first-order chi connectivity index (χ1) is 16.5. The van der Waals surface area contributed by atoms with Crippen LogP contribution in [-0.4, -0.2) is 56.5 Å². The van der Waals surface area contributed by atoms with Gasteiger partial charge in [-0.05, 0) is 51.2 Å². The lowest BCUT2D eigenvalue weighted by Crippen LogP contribution is -2.41. The first-order valence-corrected chi connectivity index (χ1v) is 13.1. The van der Waals surface area contributed by atoms with Crippen molar-refractivity contribution in [1.29, 1.82) is 0 Å². The average Bonchev–Trinajstić information content (AvgIpc) is 2.78. The molecule has 35 heavy (non-hydrogen) atoms. The monoisotopic (exact) mass is 512 g/mol. The van der Waals surface area contributed by atoms with Gasteiger partial charge in [-0.2, -0.15) is 0 Å². The Kier molecular flexibility index (Phi) is 13.4. The van der Waals surface area contributed by atoms with Crippen molar-refractivity contribution in [2.75, 3.05) is 13.2 Å². The number of unbranched alkanes of at least 4 members (excludes halogenated alkanes) is 2. The second-order valence-electron chi connectivity index (χ2n) is 8.08. The van der Waals surface area contributed by atoms with Gasteiger partial charge in [-0.1, -0.05) is 31.0 Å². The summed E-state index contributed by atoms with van der Waals surface area (Å²) in [6, 6.07) is 5.43. The maximum Gasteiger partial charge on any atom is 0.407 e. The molecule has 0 saturated heterocycles. The van der Waals surface area contributed by atoms with Crippen molar-refractivity contribution in [3.8, 4) is 0 Å². The highest BCUT2D eigenvalue weighted by Gasteiger charge is 2.21. The number of hydrogen-bond donors (Lipinski definition) is 4. The van der Waals surface area contributed by atoms with Crippen LogP contribution in [0.25, 0.3) is 0 Å². The number of sulfonamides is 1. The molecule has 0 heterocycles. The minimum atomic E-state index is -3.86. The lowest BCUT2D eigenvalue weighted by molar-refractivity contribution is -0.137. The zero-order chi connectivity index (χ0) is 26.3. The molecule has 12 heteroatoms. The van der Waals surface area contributed by atoms with Crippen LogP contribution < -0.4 is 15.8 Å². The third-order valence-corrected chi connectivity index (χ3v) is 6.35. The predicted molar refractivity (Wildman–Crippen MR) is 132 cm³/mol. The number of nitrogens with one attached hydrogen (secondary N) is 2. The second kappa shape index (κ2) is 15.7. The van der Waals surface area contributed by atoms with Crippen LogP contribution in [0.5, 0.6) is 0 Å². The number of aliphatic carboxylic acids is 1. The number of guanidine groups is 1. The summed E-state index contributed by atoms with van der Waals surface area (Å²) in [5, 5.41) is 11.3. The number of benzene rings is 1. The van der Waals surface area contributed by atoms with E-state index in [1.807, 2.05) is 13.8 Å². The number of carbonyl (C=O) groups is 3. The number of carboxylic acid groups (broad SMARTS) is 1. The summed E-state index contributed by atoms with van der Waals surface area (Å²) in [5.74, 6) is -1.45. The molecule has 1 amide bonds. The second-order valence-corrected chi connectivity index (χ2v) is 9.76. The molecule has 1 aromatic rings. The molecule has 1 rings (SSSR count). The standard InChI is InChI=1S/C23H36N4O7S/c1-3-4-16-34-23(31)26-19(20(28)9-5-6-10-21(29)30)8-7-15-25-22(24)27-35(32,33)18-13-11-17(2)12-14-18/h11-14,19H,3-10,15-16H2,1-2H3,(H,26,31)(H,29,30)(H3,24,25,27)/t19-/m0/s1. The van der Waals surface area contributed by atoms with Crippen LogP contribution in [0, 0.1) is 6.92 Å². The number of amides is 1. The lowest BCUT2D eigenvalue weighted by atomic mass is 10.0. The average molecular weight is 513 g/mol. The summed E-state index contributed by atoms with van der Waals surface area (Å²) in [6.07, 6.45) is 2.27. The largest absolute Gasteiger partial charge is 0.481 e. The highest BCUT2D eigenvalue weighted by Crippen LogP contribution is 2.10. The highest BCUT2D eigenvalue weighted by atomic mass is 32.2. The quantitative estimate of drug-likeness (QED) is 0.148. The fourth-order valence-electron chi connectivity index (χ4n) is 3.00. The number of hydrogen-bond acceptors (Lipinski definition) is 7. The van der Waals surface area contributed by atoms with E-state index in [0.29, 0.717) is 25.7 Å². The van der Waals surface area contributed by atoms with Gasteiger partial charge in [0.2, 0.25) is 5.96 Å². The summed E-state index contributed by atoms with van der Waals surface area (Å²) >= 11 is 0. The van der Waals surface area contributed by atoms with Crippen LogP contribution in [0.3, 0.4) is 0 Å². The molecule has 0 unspecified atom stereocenters. The number of rotatable bonds is 16. The molecule has 1 atom stereocenters. The Morgan fingerprint density at radius 1 is 1.09 bits per heavy atom. The number of alkyl carbamates (subject to hydrolysis) is 1. The molecule has 0 saturated carbocycles. The molecule has 1 aromatic carbocycles. The minimum Gasteiger partial charge on any atom is -0.481 e.